The van der Waals surface area contributed by atoms with Crippen LogP contribution in [-0.4, -0.2) is 24.6 Å². The van der Waals surface area contributed by atoms with Crippen LogP contribution in [0.3, 0.4) is 0 Å². The minimum atomic E-state index is -3.48. The molecule has 1 N–H and O–H groups in total. The number of thiophene rings is 1. The molecule has 8 heteroatoms. The number of sulfonamides is 1. The van der Waals surface area contributed by atoms with Crippen LogP contribution in [0.2, 0.25) is 0 Å². The van der Waals surface area contributed by atoms with Crippen LogP contribution in [0.25, 0.3) is 0 Å². The second-order valence-corrected chi connectivity index (χ2v) is 9.43. The Morgan fingerprint density at radius 3 is 2.28 bits per heavy atom. The summed E-state index contributed by atoms with van der Waals surface area (Å²) in [6.45, 7) is 3.84. The summed E-state index contributed by atoms with van der Waals surface area (Å²) in [4.78, 5) is 0. The Bertz CT molecular complexity index is 481. The smallest absolute Gasteiger partial charge is 0.206 e. The van der Waals surface area contributed by atoms with Gasteiger partial charge in [0, 0.05) is 10.7 Å². The van der Waals surface area contributed by atoms with E-state index in [1.54, 1.807) is 6.07 Å². The molecule has 18 heavy (non-hydrogen) atoms. The maximum atomic E-state index is 12.3. The van der Waals surface area contributed by atoms with Crippen molar-refractivity contribution in [1.29, 1.82) is 0 Å². The predicted octanol–water partition coefficient (Wildman–Crippen LogP) is 4.04. The van der Waals surface area contributed by atoms with E-state index in [2.05, 4.69) is 52.5 Å². The van der Waals surface area contributed by atoms with Crippen molar-refractivity contribution in [2.75, 3.05) is 10.7 Å². The Morgan fingerprint density at radius 2 is 1.94 bits per heavy atom. The molecular weight excluding hydrogens is 470 g/mol. The number of rotatable bonds is 6. The Labute approximate surface area is 137 Å². The van der Waals surface area contributed by atoms with Gasteiger partial charge in [0.05, 0.1) is 9.33 Å². The molecule has 1 aromatic heterocycles. The molecule has 3 nitrogen and oxygen atoms in total. The predicted molar refractivity (Wildman–Crippen MR) is 87.7 cm³/mol. The molecule has 104 valence electrons. The zero-order valence-electron chi connectivity index (χ0n) is 9.97. The number of alkyl halides is 2. The highest BCUT2D eigenvalue weighted by atomic mass is 79.9. The summed E-state index contributed by atoms with van der Waals surface area (Å²) in [7, 11) is -3.48. The van der Waals surface area contributed by atoms with Crippen molar-refractivity contribution < 1.29 is 8.42 Å². The van der Waals surface area contributed by atoms with Gasteiger partial charge in [-0.3, -0.25) is 0 Å². The van der Waals surface area contributed by atoms with Crippen LogP contribution in [0.1, 0.15) is 18.9 Å². The van der Waals surface area contributed by atoms with Gasteiger partial charge in [-0.05, 0) is 40.9 Å². The van der Waals surface area contributed by atoms with Crippen molar-refractivity contribution in [1.82, 2.24) is 4.72 Å². The van der Waals surface area contributed by atoms with E-state index in [1.807, 2.05) is 13.8 Å². The van der Waals surface area contributed by atoms with Gasteiger partial charge in [0.15, 0.2) is 0 Å². The molecule has 0 atom stereocenters. The third-order valence-electron chi connectivity index (χ3n) is 2.64. The molecule has 0 spiro atoms. The van der Waals surface area contributed by atoms with Crippen molar-refractivity contribution in [2.45, 2.75) is 30.0 Å². The lowest BCUT2D eigenvalue weighted by molar-refractivity contribution is 0.460. The number of nitrogens with one attached hydrogen (secondary N) is 1. The summed E-state index contributed by atoms with van der Waals surface area (Å²) in [6, 6.07) is 1.68. The summed E-state index contributed by atoms with van der Waals surface area (Å²) >= 11 is 11.3. The molecule has 0 aromatic carbocycles. The van der Waals surface area contributed by atoms with Gasteiger partial charge in [0.1, 0.15) is 4.21 Å². The summed E-state index contributed by atoms with van der Waals surface area (Å²) < 4.78 is 28.6. The Balaban J connectivity index is 3.08. The SMILES string of the molecule is CCC(CBr)(CBr)NS(=O)(=O)c1cc(C)c(Br)s1. The van der Waals surface area contributed by atoms with Crippen LogP contribution in [-0.2, 0) is 10.0 Å². The number of hydrogen-bond donors (Lipinski definition) is 1. The van der Waals surface area contributed by atoms with Gasteiger partial charge in [0.25, 0.3) is 10.0 Å². The molecular formula is C10H14Br3NO2S2. The minimum Gasteiger partial charge on any atom is -0.206 e. The first-order valence-electron chi connectivity index (χ1n) is 5.22. The van der Waals surface area contributed by atoms with E-state index in [0.29, 0.717) is 21.3 Å². The van der Waals surface area contributed by atoms with E-state index in [9.17, 15) is 8.42 Å². The largest absolute Gasteiger partial charge is 0.250 e. The first kappa shape index (κ1) is 17.1. The van der Waals surface area contributed by atoms with Gasteiger partial charge in [-0.2, -0.15) is 0 Å². The lowest BCUT2D eigenvalue weighted by atomic mass is 10.0. The van der Waals surface area contributed by atoms with Crippen molar-refractivity contribution in [3.8, 4) is 0 Å². The summed E-state index contributed by atoms with van der Waals surface area (Å²) in [5.74, 6) is 0. The van der Waals surface area contributed by atoms with E-state index in [0.717, 1.165) is 9.35 Å². The monoisotopic (exact) mass is 481 g/mol. The van der Waals surface area contributed by atoms with Crippen molar-refractivity contribution in [3.63, 3.8) is 0 Å². The lowest BCUT2D eigenvalue weighted by Crippen LogP contribution is -2.50. The van der Waals surface area contributed by atoms with Crippen molar-refractivity contribution in [2.24, 2.45) is 0 Å². The molecule has 1 heterocycles. The zero-order chi connectivity index (χ0) is 14.0. The third-order valence-corrected chi connectivity index (χ3v) is 8.97. The van der Waals surface area contributed by atoms with Crippen LogP contribution in [0.15, 0.2) is 14.1 Å². The van der Waals surface area contributed by atoms with Gasteiger partial charge in [0.2, 0.25) is 0 Å². The first-order valence-corrected chi connectivity index (χ1v) is 10.6. The molecule has 1 aromatic rings. The fourth-order valence-corrected chi connectivity index (χ4v) is 7.32. The van der Waals surface area contributed by atoms with Crippen LogP contribution >= 0.6 is 59.1 Å². The maximum Gasteiger partial charge on any atom is 0.250 e. The summed E-state index contributed by atoms with van der Waals surface area (Å²) in [5, 5.41) is 1.12. The van der Waals surface area contributed by atoms with E-state index < -0.39 is 15.6 Å². The number of aryl methyl sites for hydroxylation is 1. The standard InChI is InChI=1S/C10H14Br3NO2S2/c1-3-10(5-11,6-12)14-18(15,16)8-4-7(2)9(13)17-8/h4,14H,3,5-6H2,1-2H3. The third kappa shape index (κ3) is 3.79. The van der Waals surface area contributed by atoms with E-state index >= 15 is 0 Å². The fourth-order valence-electron chi connectivity index (χ4n) is 1.25. The van der Waals surface area contributed by atoms with Crippen molar-refractivity contribution >= 4 is 69.1 Å². The van der Waals surface area contributed by atoms with Gasteiger partial charge < -0.3 is 0 Å². The summed E-state index contributed by atoms with van der Waals surface area (Å²) in [5.41, 5.74) is 0.434. The minimum absolute atomic E-state index is 0.339. The molecule has 0 aliphatic heterocycles. The normalized spacial score (nSPS) is 12.9. The topological polar surface area (TPSA) is 46.2 Å². The summed E-state index contributed by atoms with van der Waals surface area (Å²) in [6.07, 6.45) is 0.703. The van der Waals surface area contributed by atoms with E-state index in [-0.39, 0.29) is 0 Å². The molecule has 0 radical (unpaired) electrons. The Kier molecular flexibility index (Phi) is 6.34. The average Bonchev–Trinajstić information content (AvgIpc) is 2.68. The molecule has 0 aliphatic carbocycles. The van der Waals surface area contributed by atoms with E-state index in [4.69, 9.17) is 0 Å². The molecule has 0 saturated carbocycles. The highest BCUT2D eigenvalue weighted by molar-refractivity contribution is 9.11. The Hall–Kier alpha value is 1.05. The van der Waals surface area contributed by atoms with Gasteiger partial charge in [-0.1, -0.05) is 38.8 Å². The quantitative estimate of drug-likeness (QED) is 0.621. The van der Waals surface area contributed by atoms with Crippen molar-refractivity contribution in [3.05, 3.63) is 15.4 Å². The molecule has 0 amide bonds. The average molecular weight is 484 g/mol. The highest BCUT2D eigenvalue weighted by Gasteiger charge is 2.32. The van der Waals surface area contributed by atoms with Gasteiger partial charge >= 0.3 is 0 Å². The molecule has 0 fully saturated rings. The first-order chi connectivity index (χ1) is 8.30. The maximum absolute atomic E-state index is 12.3. The molecule has 0 unspecified atom stereocenters. The van der Waals surface area contributed by atoms with Crippen LogP contribution in [0.5, 0.6) is 0 Å². The van der Waals surface area contributed by atoms with Gasteiger partial charge in [-0.25, -0.2) is 13.1 Å². The number of hydrogen-bond acceptors (Lipinski definition) is 3. The molecule has 0 bridgehead atoms. The Morgan fingerprint density at radius 1 is 1.39 bits per heavy atom. The molecule has 0 saturated heterocycles. The number of halogens is 3. The van der Waals surface area contributed by atoms with E-state index in [1.165, 1.54) is 11.3 Å². The van der Waals surface area contributed by atoms with Gasteiger partial charge in [-0.15, -0.1) is 11.3 Å². The second-order valence-electron chi connectivity index (χ2n) is 4.03. The van der Waals surface area contributed by atoms with Crippen LogP contribution < -0.4 is 4.72 Å². The molecule has 0 aliphatic rings. The fraction of sp³-hybridized carbons (Fsp3) is 0.600. The van der Waals surface area contributed by atoms with Crippen LogP contribution in [0.4, 0.5) is 0 Å². The zero-order valence-corrected chi connectivity index (χ0v) is 16.4. The lowest BCUT2D eigenvalue weighted by Gasteiger charge is -2.29. The molecule has 1 rings (SSSR count). The highest BCUT2D eigenvalue weighted by Crippen LogP contribution is 2.31. The van der Waals surface area contributed by atoms with Crippen LogP contribution in [0, 0.1) is 6.92 Å². The second kappa shape index (κ2) is 6.67.